The van der Waals surface area contributed by atoms with E-state index in [1.165, 1.54) is 4.31 Å². The molecule has 1 unspecified atom stereocenters. The number of carbonyl (C=O) groups is 2. The van der Waals surface area contributed by atoms with Crippen molar-refractivity contribution in [2.24, 2.45) is 16.6 Å². The highest BCUT2D eigenvalue weighted by Crippen LogP contribution is 2.31. The number of amidine groups is 1. The van der Waals surface area contributed by atoms with Gasteiger partial charge in [-0.2, -0.15) is 16.1 Å². The molecule has 5 rings (SSSR count). The normalized spacial score (nSPS) is 25.2. The SMILES string of the molecule is CC(N)=NC1CCC(C(=O)N2CCN(S(=O)(=O)c3ccc4cc(Cl)ccc4c3)CC2C(=O)N2CCSCC2)CC1. The van der Waals surface area contributed by atoms with Crippen LogP contribution >= 0.6 is 23.4 Å². The monoisotopic (exact) mass is 605 g/mol. The van der Waals surface area contributed by atoms with Gasteiger partial charge in [0.2, 0.25) is 21.8 Å². The first kappa shape index (κ1) is 29.2. The van der Waals surface area contributed by atoms with E-state index in [9.17, 15) is 18.0 Å². The van der Waals surface area contributed by atoms with Crippen LogP contribution in [0, 0.1) is 5.92 Å². The summed E-state index contributed by atoms with van der Waals surface area (Å²) in [5.74, 6) is 1.79. The lowest BCUT2D eigenvalue weighted by Gasteiger charge is -2.44. The number of nitrogens with two attached hydrogens (primary N) is 1. The van der Waals surface area contributed by atoms with Crippen LogP contribution in [-0.2, 0) is 19.6 Å². The highest BCUT2D eigenvalue weighted by atomic mass is 35.5. The maximum absolute atomic E-state index is 13.8. The summed E-state index contributed by atoms with van der Waals surface area (Å²) >= 11 is 7.89. The molecular formula is C28H36ClN5O4S2. The molecule has 2 aliphatic heterocycles. The van der Waals surface area contributed by atoms with Gasteiger partial charge >= 0.3 is 0 Å². The maximum Gasteiger partial charge on any atom is 0.246 e. The number of thioether (sulfide) groups is 1. The predicted molar refractivity (Wildman–Crippen MR) is 160 cm³/mol. The second-order valence-corrected chi connectivity index (χ2v) is 14.4. The molecule has 2 N–H and O–H groups in total. The number of nitrogens with zero attached hydrogens (tertiary/aromatic N) is 4. The number of halogens is 1. The summed E-state index contributed by atoms with van der Waals surface area (Å²) in [6, 6.07) is 9.55. The summed E-state index contributed by atoms with van der Waals surface area (Å²) in [5.41, 5.74) is 5.75. The lowest BCUT2D eigenvalue weighted by Crippen LogP contribution is -2.63. The summed E-state index contributed by atoms with van der Waals surface area (Å²) in [7, 11) is -3.89. The zero-order valence-corrected chi connectivity index (χ0v) is 25.1. The first-order valence-electron chi connectivity index (χ1n) is 13.8. The van der Waals surface area contributed by atoms with Gasteiger partial charge in [0.1, 0.15) is 6.04 Å². The van der Waals surface area contributed by atoms with E-state index in [4.69, 9.17) is 17.3 Å². The van der Waals surface area contributed by atoms with Crippen molar-refractivity contribution in [1.29, 1.82) is 0 Å². The second kappa shape index (κ2) is 12.3. The van der Waals surface area contributed by atoms with Crippen LogP contribution in [0.4, 0.5) is 0 Å². The van der Waals surface area contributed by atoms with Gasteiger partial charge < -0.3 is 15.5 Å². The smallest absolute Gasteiger partial charge is 0.246 e. The molecule has 0 radical (unpaired) electrons. The molecule has 0 aromatic heterocycles. The average molecular weight is 606 g/mol. The molecule has 0 spiro atoms. The lowest BCUT2D eigenvalue weighted by molar-refractivity contribution is -0.151. The summed E-state index contributed by atoms with van der Waals surface area (Å²) in [5, 5.41) is 2.19. The number of fused-ring (bicyclic) bond motifs is 1. The molecule has 12 heteroatoms. The quantitative estimate of drug-likeness (QED) is 0.413. The topological polar surface area (TPSA) is 116 Å². The number of benzene rings is 2. The third-order valence-corrected chi connectivity index (χ3v) is 11.1. The van der Waals surface area contributed by atoms with Crippen molar-refractivity contribution in [3.05, 3.63) is 41.4 Å². The van der Waals surface area contributed by atoms with Crippen molar-refractivity contribution in [2.75, 3.05) is 44.2 Å². The van der Waals surface area contributed by atoms with E-state index in [0.717, 1.165) is 35.1 Å². The Morgan fingerprint density at radius 3 is 2.33 bits per heavy atom. The number of piperazine rings is 1. The highest BCUT2D eigenvalue weighted by molar-refractivity contribution is 7.99. The Morgan fingerprint density at radius 2 is 1.62 bits per heavy atom. The number of sulfonamides is 1. The van der Waals surface area contributed by atoms with Crippen molar-refractivity contribution in [3.8, 4) is 0 Å². The molecule has 2 amide bonds. The van der Waals surface area contributed by atoms with Crippen LogP contribution in [0.15, 0.2) is 46.3 Å². The van der Waals surface area contributed by atoms with E-state index in [0.29, 0.717) is 36.8 Å². The van der Waals surface area contributed by atoms with Crippen molar-refractivity contribution < 1.29 is 18.0 Å². The second-order valence-electron chi connectivity index (χ2n) is 10.8. The molecule has 0 bridgehead atoms. The van der Waals surface area contributed by atoms with Gasteiger partial charge in [-0.25, -0.2) is 8.42 Å². The molecule has 40 heavy (non-hydrogen) atoms. The van der Waals surface area contributed by atoms with E-state index in [1.807, 2.05) is 0 Å². The Balaban J connectivity index is 1.37. The zero-order chi connectivity index (χ0) is 28.4. The molecule has 1 saturated carbocycles. The molecule has 2 saturated heterocycles. The van der Waals surface area contributed by atoms with Crippen LogP contribution in [0.3, 0.4) is 0 Å². The molecular weight excluding hydrogens is 570 g/mol. The van der Waals surface area contributed by atoms with Crippen LogP contribution in [-0.4, -0.2) is 96.5 Å². The van der Waals surface area contributed by atoms with Gasteiger partial charge in [0.05, 0.1) is 16.8 Å². The standard InChI is InChI=1S/C28H36ClN5O4S2/c1-19(30)31-24-7-3-20(4-8-24)27(35)34-11-10-33(18-26(34)28(36)32-12-14-39-15-13-32)40(37,38)25-9-5-21-16-23(29)6-2-22(21)17-25/h2,5-6,9,16-17,20,24,26H,3-4,7-8,10-15,18H2,1H3,(H2,30,31). The Kier molecular flexibility index (Phi) is 8.94. The highest BCUT2D eigenvalue weighted by Gasteiger charge is 2.43. The van der Waals surface area contributed by atoms with Crippen LogP contribution in [0.1, 0.15) is 32.6 Å². The third-order valence-electron chi connectivity index (χ3n) is 8.08. The van der Waals surface area contributed by atoms with Gasteiger partial charge in [-0.05, 0) is 67.6 Å². The summed E-state index contributed by atoms with van der Waals surface area (Å²) in [6.07, 6.45) is 2.91. The fourth-order valence-electron chi connectivity index (χ4n) is 5.92. The molecule has 2 aromatic rings. The van der Waals surface area contributed by atoms with E-state index in [2.05, 4.69) is 4.99 Å². The zero-order valence-electron chi connectivity index (χ0n) is 22.7. The summed E-state index contributed by atoms with van der Waals surface area (Å²) in [6.45, 7) is 3.24. The van der Waals surface area contributed by atoms with Crippen molar-refractivity contribution in [3.63, 3.8) is 0 Å². The lowest BCUT2D eigenvalue weighted by atomic mass is 9.85. The van der Waals surface area contributed by atoms with Gasteiger partial charge in [-0.1, -0.05) is 23.7 Å². The minimum atomic E-state index is -3.89. The van der Waals surface area contributed by atoms with Crippen molar-refractivity contribution in [2.45, 2.75) is 49.6 Å². The molecule has 3 aliphatic rings. The van der Waals surface area contributed by atoms with E-state index >= 15 is 0 Å². The van der Waals surface area contributed by atoms with Gasteiger partial charge in [0, 0.05) is 55.2 Å². The minimum absolute atomic E-state index is 0.0544. The molecule has 9 nitrogen and oxygen atoms in total. The van der Waals surface area contributed by atoms with Crippen molar-refractivity contribution in [1.82, 2.24) is 14.1 Å². The van der Waals surface area contributed by atoms with Crippen LogP contribution in [0.2, 0.25) is 5.02 Å². The Morgan fingerprint density at radius 1 is 0.950 bits per heavy atom. The summed E-state index contributed by atoms with van der Waals surface area (Å²) < 4.78 is 28.9. The van der Waals surface area contributed by atoms with Gasteiger partial charge in [0.15, 0.2) is 0 Å². The number of aliphatic imine (C=N–C) groups is 1. The van der Waals surface area contributed by atoms with E-state index in [1.54, 1.807) is 64.9 Å². The number of carbonyl (C=O) groups excluding carboxylic acids is 2. The van der Waals surface area contributed by atoms with E-state index in [-0.39, 0.29) is 48.3 Å². The number of rotatable bonds is 5. The molecule has 3 fully saturated rings. The van der Waals surface area contributed by atoms with Crippen LogP contribution < -0.4 is 5.73 Å². The fraction of sp³-hybridized carbons (Fsp3) is 0.536. The summed E-state index contributed by atoms with van der Waals surface area (Å²) in [4.78, 5) is 35.7. The molecule has 2 heterocycles. The van der Waals surface area contributed by atoms with Crippen LogP contribution in [0.5, 0.6) is 0 Å². The number of hydrogen-bond donors (Lipinski definition) is 1. The van der Waals surface area contributed by atoms with Crippen LogP contribution in [0.25, 0.3) is 10.8 Å². The largest absolute Gasteiger partial charge is 0.388 e. The number of amides is 2. The number of hydrogen-bond acceptors (Lipinski definition) is 6. The Hall–Kier alpha value is -2.34. The Labute approximate surface area is 245 Å². The predicted octanol–water partition coefficient (Wildman–Crippen LogP) is 3.21. The fourth-order valence-corrected chi connectivity index (χ4v) is 8.48. The van der Waals surface area contributed by atoms with Gasteiger partial charge in [-0.3, -0.25) is 14.6 Å². The third kappa shape index (κ3) is 6.27. The molecule has 2 aromatic carbocycles. The van der Waals surface area contributed by atoms with Crippen molar-refractivity contribution >= 4 is 61.8 Å². The maximum atomic E-state index is 13.8. The van der Waals surface area contributed by atoms with Gasteiger partial charge in [-0.15, -0.1) is 0 Å². The Bertz CT molecular complexity index is 1400. The van der Waals surface area contributed by atoms with E-state index < -0.39 is 16.1 Å². The van der Waals surface area contributed by atoms with Gasteiger partial charge in [0.25, 0.3) is 0 Å². The molecule has 1 atom stereocenters. The first-order valence-corrected chi connectivity index (χ1v) is 16.8. The molecule has 216 valence electrons. The molecule has 1 aliphatic carbocycles. The average Bonchev–Trinajstić information content (AvgIpc) is 2.96. The first-order chi connectivity index (χ1) is 19.1. The minimum Gasteiger partial charge on any atom is -0.388 e.